The third-order valence-corrected chi connectivity index (χ3v) is 7.65. The van der Waals surface area contributed by atoms with E-state index in [1.807, 2.05) is 79.1 Å². The number of hydrogen-bond acceptors (Lipinski definition) is 3. The van der Waals surface area contributed by atoms with Crippen molar-refractivity contribution >= 4 is 27.8 Å². The molecule has 0 radical (unpaired) electrons. The van der Waals surface area contributed by atoms with Crippen LogP contribution in [0.2, 0.25) is 0 Å². The molecular formula is C34H26BrF3N2O3. The maximum absolute atomic E-state index is 13.4. The highest BCUT2D eigenvalue weighted by molar-refractivity contribution is 5.95. The van der Waals surface area contributed by atoms with Crippen molar-refractivity contribution in [3.05, 3.63) is 147 Å². The number of nitrogens with zero attached hydrogens (tertiary/aromatic N) is 2. The molecule has 0 N–H and O–H groups in total. The smallest absolute Gasteiger partial charge is 0.416 e. The van der Waals surface area contributed by atoms with Gasteiger partial charge in [0.05, 0.1) is 11.1 Å². The first-order valence-corrected chi connectivity index (χ1v) is 13.4. The van der Waals surface area contributed by atoms with E-state index in [-0.39, 0.29) is 34.9 Å². The Kier molecular flexibility index (Phi) is 8.12. The fourth-order valence-electron chi connectivity index (χ4n) is 5.31. The number of para-hydroxylation sites is 1. The fourth-order valence-corrected chi connectivity index (χ4v) is 5.31. The molecule has 0 saturated heterocycles. The zero-order chi connectivity index (χ0) is 29.6. The molecule has 9 heteroatoms. The van der Waals surface area contributed by atoms with E-state index in [9.17, 15) is 22.8 Å². The van der Waals surface area contributed by atoms with Gasteiger partial charge in [-0.2, -0.15) is 13.2 Å². The molecule has 0 bridgehead atoms. The summed E-state index contributed by atoms with van der Waals surface area (Å²) >= 11 is 0. The van der Waals surface area contributed by atoms with Crippen molar-refractivity contribution in [1.29, 1.82) is 0 Å². The molecular weight excluding hydrogens is 621 g/mol. The molecule has 6 aromatic rings. The molecule has 1 unspecified atom stereocenters. The Morgan fingerprint density at radius 1 is 0.884 bits per heavy atom. The first kappa shape index (κ1) is 30.0. The summed E-state index contributed by atoms with van der Waals surface area (Å²) in [6.07, 6.45) is -2.70. The number of fused-ring (bicyclic) bond motifs is 2. The summed E-state index contributed by atoms with van der Waals surface area (Å²) in [6, 6.07) is 26.4. The minimum Gasteiger partial charge on any atom is -1.00 e. The second kappa shape index (κ2) is 11.6. The monoisotopic (exact) mass is 646 g/mol. The Balaban J connectivity index is 0.00000368. The van der Waals surface area contributed by atoms with E-state index in [1.165, 1.54) is 12.1 Å². The van der Waals surface area contributed by atoms with Crippen LogP contribution in [-0.2, 0) is 12.7 Å². The predicted molar refractivity (Wildman–Crippen MR) is 154 cm³/mol. The van der Waals surface area contributed by atoms with Crippen molar-refractivity contribution in [2.24, 2.45) is 0 Å². The Labute approximate surface area is 255 Å². The van der Waals surface area contributed by atoms with Gasteiger partial charge in [-0.3, -0.25) is 4.79 Å². The van der Waals surface area contributed by atoms with Gasteiger partial charge in [0.15, 0.2) is 23.6 Å². The van der Waals surface area contributed by atoms with E-state index < -0.39 is 23.4 Å². The molecule has 2 heterocycles. The largest absolute Gasteiger partial charge is 1.00 e. The minimum absolute atomic E-state index is 0. The van der Waals surface area contributed by atoms with Crippen LogP contribution in [0.5, 0.6) is 0 Å². The molecule has 0 fully saturated rings. The first-order valence-electron chi connectivity index (χ1n) is 13.4. The summed E-state index contributed by atoms with van der Waals surface area (Å²) in [5.41, 5.74) is 4.24. The fraction of sp³-hybridized carbons (Fsp3) is 0.147. The lowest BCUT2D eigenvalue weighted by molar-refractivity contribution is -0.658. The second-order valence-corrected chi connectivity index (χ2v) is 10.4. The predicted octanol–water partition coefficient (Wildman–Crippen LogP) is 4.20. The summed E-state index contributed by atoms with van der Waals surface area (Å²) < 4.78 is 48.7. The van der Waals surface area contributed by atoms with Crippen molar-refractivity contribution in [1.82, 2.24) is 4.57 Å². The second-order valence-electron chi connectivity index (χ2n) is 10.4. The van der Waals surface area contributed by atoms with Crippen LogP contribution in [0.1, 0.15) is 44.2 Å². The normalized spacial score (nSPS) is 12.3. The summed E-state index contributed by atoms with van der Waals surface area (Å²) in [6.45, 7) is 3.86. The standard InChI is InChI=1S/C34H26F3N2O3.BrH/c1-21-16-28-29(17-22(21)2)39(20-38(28)19-30(40)23-12-14-26(15-13-23)34(35,36)37)32(24-8-4-3-5-9-24)27-18-25-10-6-7-11-31(25)42-33(27)41;/h3-18,20,32H,19H2,1-2H3;1H/q+1;/p-1. The van der Waals surface area contributed by atoms with Crippen molar-refractivity contribution in [3.63, 3.8) is 0 Å². The first-order chi connectivity index (χ1) is 20.1. The SMILES string of the molecule is Cc1cc2c(cc1C)[n+](CC(=O)c1ccc(C(F)(F)F)cc1)cn2C(c1ccccc1)c1cc2ccccc2oc1=O.[Br-]. The van der Waals surface area contributed by atoms with Gasteiger partial charge < -0.3 is 21.4 Å². The van der Waals surface area contributed by atoms with Crippen LogP contribution in [0.4, 0.5) is 13.2 Å². The lowest BCUT2D eigenvalue weighted by Crippen LogP contribution is -3.00. The van der Waals surface area contributed by atoms with E-state index in [0.29, 0.717) is 11.1 Å². The summed E-state index contributed by atoms with van der Waals surface area (Å²) in [5, 5.41) is 0.780. The number of benzene rings is 4. The lowest BCUT2D eigenvalue weighted by atomic mass is 9.98. The van der Waals surface area contributed by atoms with E-state index in [1.54, 1.807) is 23.0 Å². The quantitative estimate of drug-likeness (QED) is 0.155. The number of Topliss-reactive ketones (excluding diaryl/α,β-unsaturated/α-hetero) is 1. The van der Waals surface area contributed by atoms with E-state index in [2.05, 4.69) is 0 Å². The molecule has 1 atom stereocenters. The van der Waals surface area contributed by atoms with E-state index in [4.69, 9.17) is 4.42 Å². The number of alkyl halides is 3. The van der Waals surface area contributed by atoms with Gasteiger partial charge in [-0.05, 0) is 61.4 Å². The summed E-state index contributed by atoms with van der Waals surface area (Å²) in [4.78, 5) is 26.7. The van der Waals surface area contributed by atoms with Crippen molar-refractivity contribution in [2.45, 2.75) is 32.6 Å². The van der Waals surface area contributed by atoms with Crippen LogP contribution >= 0.6 is 0 Å². The van der Waals surface area contributed by atoms with E-state index >= 15 is 0 Å². The highest BCUT2D eigenvalue weighted by atomic mass is 79.9. The number of rotatable bonds is 6. The van der Waals surface area contributed by atoms with Gasteiger partial charge in [-0.1, -0.05) is 60.7 Å². The molecule has 2 aromatic heterocycles. The highest BCUT2D eigenvalue weighted by Gasteiger charge is 2.32. The molecule has 4 aromatic carbocycles. The molecule has 0 spiro atoms. The summed E-state index contributed by atoms with van der Waals surface area (Å²) in [5.74, 6) is -0.340. The average molecular weight is 647 g/mol. The molecule has 0 aliphatic rings. The summed E-state index contributed by atoms with van der Waals surface area (Å²) in [7, 11) is 0. The molecule has 43 heavy (non-hydrogen) atoms. The van der Waals surface area contributed by atoms with Gasteiger partial charge in [-0.25, -0.2) is 13.9 Å². The Morgan fingerprint density at radius 3 is 2.23 bits per heavy atom. The molecule has 0 aliphatic carbocycles. The number of aromatic nitrogens is 2. The van der Waals surface area contributed by atoms with Crippen molar-refractivity contribution < 1.29 is 43.9 Å². The molecule has 0 aliphatic heterocycles. The van der Waals surface area contributed by atoms with Gasteiger partial charge in [0, 0.05) is 16.5 Å². The third-order valence-electron chi connectivity index (χ3n) is 7.65. The van der Waals surface area contributed by atoms with Crippen LogP contribution in [0.15, 0.2) is 113 Å². The number of halogens is 4. The topological polar surface area (TPSA) is 56.1 Å². The van der Waals surface area contributed by atoms with Crippen molar-refractivity contribution in [3.8, 4) is 0 Å². The van der Waals surface area contributed by atoms with Gasteiger partial charge in [-0.15, -0.1) is 0 Å². The minimum atomic E-state index is -4.49. The molecule has 5 nitrogen and oxygen atoms in total. The van der Waals surface area contributed by atoms with Crippen LogP contribution < -0.4 is 27.2 Å². The Bertz CT molecular complexity index is 2010. The number of carbonyl (C=O) groups excluding carboxylic acids is 1. The third kappa shape index (κ3) is 5.77. The zero-order valence-electron chi connectivity index (χ0n) is 23.2. The van der Waals surface area contributed by atoms with Gasteiger partial charge in [0.1, 0.15) is 5.58 Å². The maximum atomic E-state index is 13.4. The molecule has 6 rings (SSSR count). The van der Waals surface area contributed by atoms with E-state index in [0.717, 1.165) is 45.2 Å². The Morgan fingerprint density at radius 2 is 1.53 bits per heavy atom. The number of carbonyl (C=O) groups is 1. The van der Waals surface area contributed by atoms with Crippen LogP contribution in [0, 0.1) is 13.8 Å². The number of ketones is 1. The number of hydrogen-bond donors (Lipinski definition) is 0. The highest BCUT2D eigenvalue weighted by Crippen LogP contribution is 2.31. The van der Waals surface area contributed by atoms with Gasteiger partial charge in [0.2, 0.25) is 12.1 Å². The zero-order valence-corrected chi connectivity index (χ0v) is 24.8. The molecule has 0 amide bonds. The molecule has 218 valence electrons. The number of imidazole rings is 1. The van der Waals surface area contributed by atoms with Gasteiger partial charge in [0.25, 0.3) is 0 Å². The number of aryl methyl sites for hydroxylation is 2. The average Bonchev–Trinajstić information content (AvgIpc) is 3.29. The van der Waals surface area contributed by atoms with Gasteiger partial charge >= 0.3 is 11.8 Å². The maximum Gasteiger partial charge on any atom is 0.416 e. The lowest BCUT2D eigenvalue weighted by Gasteiger charge is -2.15. The van der Waals surface area contributed by atoms with Crippen molar-refractivity contribution in [2.75, 3.05) is 0 Å². The van der Waals surface area contributed by atoms with Crippen LogP contribution in [-0.4, -0.2) is 10.4 Å². The molecule has 0 saturated carbocycles. The Hall–Kier alpha value is -4.50. The van der Waals surface area contributed by atoms with Crippen LogP contribution in [0.25, 0.3) is 22.0 Å². The van der Waals surface area contributed by atoms with Crippen LogP contribution in [0.3, 0.4) is 0 Å².